The summed E-state index contributed by atoms with van der Waals surface area (Å²) < 4.78 is 17.4. The molecule has 0 saturated heterocycles. The molecule has 0 aliphatic carbocycles. The Morgan fingerprint density at radius 2 is 1.09 bits per heavy atom. The first-order valence-corrected chi connectivity index (χ1v) is 15.3. The SMILES string of the molecule is CCOC(=O)CCC(C)(c1ccc(OCc2ccc3ccccc3n2)cc1)c1ccc(OCc2ccc3ccccc3n2)cc1. The van der Waals surface area contributed by atoms with Gasteiger partial charge in [0.05, 0.1) is 29.0 Å². The number of esters is 1. The second kappa shape index (κ2) is 13.6. The Balaban J connectivity index is 1.16. The van der Waals surface area contributed by atoms with Gasteiger partial charge in [-0.15, -0.1) is 0 Å². The fraction of sp³-hybridized carbons (Fsp3) is 0.205. The average molecular weight is 597 g/mol. The predicted octanol–water partition coefficient (Wildman–Crippen LogP) is 8.59. The van der Waals surface area contributed by atoms with Crippen LogP contribution >= 0.6 is 0 Å². The van der Waals surface area contributed by atoms with Crippen molar-refractivity contribution < 1.29 is 19.0 Å². The lowest BCUT2D eigenvalue weighted by Gasteiger charge is -2.31. The fourth-order valence-electron chi connectivity index (χ4n) is 5.57. The molecule has 6 aromatic rings. The van der Waals surface area contributed by atoms with E-state index in [4.69, 9.17) is 24.2 Å². The van der Waals surface area contributed by atoms with Crippen molar-refractivity contribution >= 4 is 27.8 Å². The van der Waals surface area contributed by atoms with Crippen molar-refractivity contribution in [1.29, 1.82) is 0 Å². The maximum Gasteiger partial charge on any atom is 0.305 e. The van der Waals surface area contributed by atoms with E-state index in [0.717, 1.165) is 55.8 Å². The van der Waals surface area contributed by atoms with Crippen molar-refractivity contribution in [3.63, 3.8) is 0 Å². The molecule has 0 unspecified atom stereocenters. The number of ether oxygens (including phenoxy) is 3. The lowest BCUT2D eigenvalue weighted by molar-refractivity contribution is -0.143. The molecule has 0 aliphatic rings. The Morgan fingerprint density at radius 3 is 1.56 bits per heavy atom. The van der Waals surface area contributed by atoms with Crippen molar-refractivity contribution in [2.45, 2.75) is 45.3 Å². The standard InChI is InChI=1S/C39H36N2O4/c1-3-43-38(42)24-25-39(2,30-14-20-34(21-15-30)44-26-32-18-12-28-8-4-6-10-36(28)40-32)31-16-22-35(23-17-31)45-27-33-19-13-29-9-5-7-11-37(29)41-33/h4-23H,3,24-27H2,1-2H3. The van der Waals surface area contributed by atoms with Crippen molar-refractivity contribution in [2.75, 3.05) is 6.61 Å². The van der Waals surface area contributed by atoms with Gasteiger partial charge < -0.3 is 14.2 Å². The summed E-state index contributed by atoms with van der Waals surface area (Å²) in [5.74, 6) is 1.31. The Kier molecular flexibility index (Phi) is 9.01. The number of carbonyl (C=O) groups is 1. The van der Waals surface area contributed by atoms with Crippen LogP contribution in [0.3, 0.4) is 0 Å². The van der Waals surface area contributed by atoms with E-state index in [1.165, 1.54) is 0 Å². The van der Waals surface area contributed by atoms with Crippen LogP contribution in [0.5, 0.6) is 11.5 Å². The van der Waals surface area contributed by atoms with Gasteiger partial charge in [-0.1, -0.05) is 79.7 Å². The Hall–Kier alpha value is -5.23. The summed E-state index contributed by atoms with van der Waals surface area (Å²) in [6.45, 7) is 5.11. The summed E-state index contributed by atoms with van der Waals surface area (Å²) in [6, 6.07) is 40.4. The molecule has 226 valence electrons. The first kappa shape index (κ1) is 29.8. The van der Waals surface area contributed by atoms with E-state index >= 15 is 0 Å². The van der Waals surface area contributed by atoms with Crippen LogP contribution in [0, 0.1) is 0 Å². The first-order valence-electron chi connectivity index (χ1n) is 15.3. The molecule has 0 radical (unpaired) electrons. The molecule has 6 heteroatoms. The number of pyridine rings is 2. The zero-order chi connectivity index (χ0) is 31.1. The largest absolute Gasteiger partial charge is 0.487 e. The molecule has 45 heavy (non-hydrogen) atoms. The number of para-hydroxylation sites is 2. The second-order valence-electron chi connectivity index (χ2n) is 11.3. The number of aromatic nitrogens is 2. The third kappa shape index (κ3) is 7.13. The van der Waals surface area contributed by atoms with Gasteiger partial charge in [0.25, 0.3) is 0 Å². The summed E-state index contributed by atoms with van der Waals surface area (Å²) >= 11 is 0. The summed E-state index contributed by atoms with van der Waals surface area (Å²) in [4.78, 5) is 21.8. The highest BCUT2D eigenvalue weighted by Crippen LogP contribution is 2.38. The van der Waals surface area contributed by atoms with E-state index < -0.39 is 5.41 Å². The van der Waals surface area contributed by atoms with Gasteiger partial charge in [0.15, 0.2) is 0 Å². The van der Waals surface area contributed by atoms with Crippen molar-refractivity contribution in [3.05, 3.63) is 144 Å². The molecule has 2 heterocycles. The average Bonchev–Trinajstić information content (AvgIpc) is 3.09. The van der Waals surface area contributed by atoms with E-state index in [9.17, 15) is 4.79 Å². The molecule has 6 rings (SSSR count). The van der Waals surface area contributed by atoms with Crippen LogP contribution in [0.15, 0.2) is 121 Å². The molecule has 2 aromatic heterocycles. The monoisotopic (exact) mass is 596 g/mol. The molecule has 0 N–H and O–H groups in total. The molecular weight excluding hydrogens is 560 g/mol. The van der Waals surface area contributed by atoms with Crippen LogP contribution in [0.2, 0.25) is 0 Å². The summed E-state index contributed by atoms with van der Waals surface area (Å²) in [5.41, 5.74) is 5.37. The topological polar surface area (TPSA) is 70.5 Å². The van der Waals surface area contributed by atoms with Gasteiger partial charge in [0.1, 0.15) is 24.7 Å². The van der Waals surface area contributed by atoms with Gasteiger partial charge in [-0.3, -0.25) is 4.79 Å². The molecule has 0 amide bonds. The first-order chi connectivity index (χ1) is 22.0. The van der Waals surface area contributed by atoms with Gasteiger partial charge in [-0.25, -0.2) is 9.97 Å². The third-order valence-corrected chi connectivity index (χ3v) is 8.20. The number of carbonyl (C=O) groups excluding carboxylic acids is 1. The number of hydrogen-bond donors (Lipinski definition) is 0. The Labute approximate surface area is 263 Å². The van der Waals surface area contributed by atoms with Crippen molar-refractivity contribution in [2.24, 2.45) is 0 Å². The molecule has 0 spiro atoms. The highest BCUT2D eigenvalue weighted by molar-refractivity contribution is 5.79. The number of hydrogen-bond acceptors (Lipinski definition) is 6. The predicted molar refractivity (Wildman–Crippen MR) is 177 cm³/mol. The molecular formula is C39H36N2O4. The van der Waals surface area contributed by atoms with Crippen molar-refractivity contribution in [3.8, 4) is 11.5 Å². The molecule has 0 saturated carbocycles. The Bertz CT molecular complexity index is 1780. The molecule has 6 nitrogen and oxygen atoms in total. The van der Waals surface area contributed by atoms with Crippen LogP contribution in [0.4, 0.5) is 0 Å². The zero-order valence-electron chi connectivity index (χ0n) is 25.6. The number of rotatable bonds is 12. The number of nitrogens with zero attached hydrogens (tertiary/aromatic N) is 2. The van der Waals surface area contributed by atoms with Gasteiger partial charge in [-0.05, 0) is 73.0 Å². The van der Waals surface area contributed by atoms with E-state index in [-0.39, 0.29) is 5.97 Å². The van der Waals surface area contributed by atoms with E-state index in [0.29, 0.717) is 32.7 Å². The van der Waals surface area contributed by atoms with Gasteiger partial charge in [0.2, 0.25) is 0 Å². The highest BCUT2D eigenvalue weighted by Gasteiger charge is 2.30. The van der Waals surface area contributed by atoms with Crippen LogP contribution in [0.1, 0.15) is 49.2 Å². The Morgan fingerprint density at radius 1 is 0.622 bits per heavy atom. The van der Waals surface area contributed by atoms with E-state index in [2.05, 4.69) is 55.5 Å². The molecule has 0 atom stereocenters. The fourth-order valence-corrected chi connectivity index (χ4v) is 5.57. The quantitative estimate of drug-likeness (QED) is 0.132. The van der Waals surface area contributed by atoms with Crippen LogP contribution in [0.25, 0.3) is 21.8 Å². The van der Waals surface area contributed by atoms with E-state index in [1.807, 2.05) is 79.7 Å². The van der Waals surface area contributed by atoms with Gasteiger partial charge in [0, 0.05) is 22.6 Å². The summed E-state index contributed by atoms with van der Waals surface area (Å²) in [7, 11) is 0. The minimum Gasteiger partial charge on any atom is -0.487 e. The molecule has 0 bridgehead atoms. The minimum absolute atomic E-state index is 0.200. The maximum absolute atomic E-state index is 12.4. The minimum atomic E-state index is -0.441. The zero-order valence-corrected chi connectivity index (χ0v) is 25.6. The maximum atomic E-state index is 12.4. The van der Waals surface area contributed by atoms with Crippen LogP contribution in [-0.4, -0.2) is 22.5 Å². The lowest BCUT2D eigenvalue weighted by atomic mass is 9.73. The lowest BCUT2D eigenvalue weighted by Crippen LogP contribution is -2.25. The molecule has 4 aromatic carbocycles. The normalized spacial score (nSPS) is 11.4. The van der Waals surface area contributed by atoms with Crippen LogP contribution in [-0.2, 0) is 28.2 Å². The highest BCUT2D eigenvalue weighted by atomic mass is 16.5. The van der Waals surface area contributed by atoms with Crippen LogP contribution < -0.4 is 9.47 Å². The second-order valence-corrected chi connectivity index (χ2v) is 11.3. The molecule has 0 fully saturated rings. The number of fused-ring (bicyclic) bond motifs is 2. The van der Waals surface area contributed by atoms with Gasteiger partial charge >= 0.3 is 5.97 Å². The summed E-state index contributed by atoms with van der Waals surface area (Å²) in [6.07, 6.45) is 0.899. The molecule has 0 aliphatic heterocycles. The third-order valence-electron chi connectivity index (χ3n) is 8.20. The van der Waals surface area contributed by atoms with Gasteiger partial charge in [-0.2, -0.15) is 0 Å². The number of benzene rings is 4. The van der Waals surface area contributed by atoms with E-state index in [1.54, 1.807) is 0 Å². The smallest absolute Gasteiger partial charge is 0.305 e. The van der Waals surface area contributed by atoms with Crippen molar-refractivity contribution in [1.82, 2.24) is 9.97 Å². The summed E-state index contributed by atoms with van der Waals surface area (Å²) in [5, 5.41) is 2.21.